The summed E-state index contributed by atoms with van der Waals surface area (Å²) in [6.07, 6.45) is 6.71. The second kappa shape index (κ2) is 9.32. The van der Waals surface area contributed by atoms with Crippen LogP contribution in [0.4, 0.5) is 0 Å². The maximum Gasteiger partial charge on any atom is 0.254 e. The van der Waals surface area contributed by atoms with Gasteiger partial charge in [0.2, 0.25) is 0 Å². The van der Waals surface area contributed by atoms with Crippen LogP contribution in [0.3, 0.4) is 0 Å². The molecular weight excluding hydrogens is 422 g/mol. The fourth-order valence-corrected chi connectivity index (χ4v) is 5.64. The SMILES string of the molecule is O=C(c1c2c(nc3ccccc13)/C(=C/c1ccccc1)CC2)N1CCN(CC2CCCO2)CC1. The van der Waals surface area contributed by atoms with Crippen molar-refractivity contribution in [3.05, 3.63) is 77.0 Å². The lowest BCUT2D eigenvalue weighted by molar-refractivity contribution is 0.0433. The molecule has 0 saturated carbocycles. The maximum absolute atomic E-state index is 13.9. The summed E-state index contributed by atoms with van der Waals surface area (Å²) >= 11 is 0. The maximum atomic E-state index is 13.9. The fourth-order valence-electron chi connectivity index (χ4n) is 5.64. The zero-order valence-corrected chi connectivity index (χ0v) is 19.6. The monoisotopic (exact) mass is 453 g/mol. The average molecular weight is 454 g/mol. The molecule has 3 aliphatic rings. The number of pyridine rings is 1. The van der Waals surface area contributed by atoms with E-state index < -0.39 is 0 Å². The molecule has 0 spiro atoms. The smallest absolute Gasteiger partial charge is 0.254 e. The highest BCUT2D eigenvalue weighted by Gasteiger charge is 2.31. The van der Waals surface area contributed by atoms with Gasteiger partial charge in [0.15, 0.2) is 0 Å². The molecule has 2 aromatic carbocycles. The van der Waals surface area contributed by atoms with Crippen LogP contribution in [0, 0.1) is 0 Å². The predicted octanol–water partition coefficient (Wildman–Crippen LogP) is 4.66. The van der Waals surface area contributed by atoms with Gasteiger partial charge in [-0.1, -0.05) is 48.5 Å². The molecule has 3 heterocycles. The number of amides is 1. The number of fused-ring (bicyclic) bond motifs is 2. The standard InChI is InChI=1S/C29H31N3O2/c33-29(32-16-14-31(15-17-32)20-23-9-6-18-34-23)27-24-10-4-5-11-26(24)30-28-22(12-13-25(27)28)19-21-7-2-1-3-8-21/h1-5,7-8,10-11,19,23H,6,9,12-18,20H2/b22-19+. The lowest BCUT2D eigenvalue weighted by Crippen LogP contribution is -2.50. The predicted molar refractivity (Wildman–Crippen MR) is 136 cm³/mol. The van der Waals surface area contributed by atoms with E-state index in [1.807, 2.05) is 29.2 Å². The van der Waals surface area contributed by atoms with Crippen molar-refractivity contribution in [1.29, 1.82) is 0 Å². The number of benzene rings is 2. The quantitative estimate of drug-likeness (QED) is 0.577. The Morgan fingerprint density at radius 2 is 1.79 bits per heavy atom. The molecule has 0 bridgehead atoms. The number of carbonyl (C=O) groups is 1. The van der Waals surface area contributed by atoms with Crippen LogP contribution in [0.2, 0.25) is 0 Å². The minimum atomic E-state index is 0.160. The minimum Gasteiger partial charge on any atom is -0.377 e. The Morgan fingerprint density at radius 1 is 1.00 bits per heavy atom. The van der Waals surface area contributed by atoms with Crippen LogP contribution in [-0.2, 0) is 11.2 Å². The lowest BCUT2D eigenvalue weighted by Gasteiger charge is -2.36. The van der Waals surface area contributed by atoms with Gasteiger partial charge in [0, 0.05) is 44.7 Å². The largest absolute Gasteiger partial charge is 0.377 e. The molecule has 1 amide bonds. The third-order valence-corrected chi connectivity index (χ3v) is 7.44. The molecule has 1 unspecified atom stereocenters. The number of carbonyl (C=O) groups excluding carboxylic acids is 1. The topological polar surface area (TPSA) is 45.7 Å². The summed E-state index contributed by atoms with van der Waals surface area (Å²) in [6, 6.07) is 18.5. The molecule has 0 radical (unpaired) electrons. The van der Waals surface area contributed by atoms with Gasteiger partial charge in [-0.2, -0.15) is 0 Å². The Kier molecular flexibility index (Phi) is 5.90. The molecular formula is C29H31N3O2. The highest BCUT2D eigenvalue weighted by atomic mass is 16.5. The summed E-state index contributed by atoms with van der Waals surface area (Å²) in [5.41, 5.74) is 6.29. The van der Waals surface area contributed by atoms with Crippen molar-refractivity contribution in [2.45, 2.75) is 31.8 Å². The summed E-state index contributed by atoms with van der Waals surface area (Å²) in [5.74, 6) is 0.160. The van der Waals surface area contributed by atoms with E-state index in [4.69, 9.17) is 9.72 Å². The lowest BCUT2D eigenvalue weighted by atomic mass is 9.99. The number of hydrogen-bond donors (Lipinski definition) is 0. The van der Waals surface area contributed by atoms with Crippen LogP contribution < -0.4 is 0 Å². The fraction of sp³-hybridized carbons (Fsp3) is 0.379. The number of para-hydroxylation sites is 1. The zero-order valence-electron chi connectivity index (χ0n) is 19.6. The molecule has 3 aromatic rings. The van der Waals surface area contributed by atoms with Crippen LogP contribution in [-0.4, -0.2) is 66.1 Å². The highest BCUT2D eigenvalue weighted by molar-refractivity contribution is 6.09. The molecule has 2 aliphatic heterocycles. The van der Waals surface area contributed by atoms with Crippen LogP contribution >= 0.6 is 0 Å². The van der Waals surface area contributed by atoms with Crippen molar-refractivity contribution in [3.8, 4) is 0 Å². The van der Waals surface area contributed by atoms with Crippen molar-refractivity contribution in [2.24, 2.45) is 0 Å². The first kappa shape index (κ1) is 21.5. The first-order valence-electron chi connectivity index (χ1n) is 12.6. The van der Waals surface area contributed by atoms with Crippen molar-refractivity contribution >= 4 is 28.5 Å². The number of allylic oxidation sites excluding steroid dienone is 1. The molecule has 2 fully saturated rings. The van der Waals surface area contributed by atoms with Crippen LogP contribution in [0.5, 0.6) is 0 Å². The van der Waals surface area contributed by atoms with E-state index in [-0.39, 0.29) is 5.91 Å². The van der Waals surface area contributed by atoms with Crippen LogP contribution in [0.25, 0.3) is 22.6 Å². The number of piperazine rings is 1. The number of aromatic nitrogens is 1. The Balaban J connectivity index is 1.30. The van der Waals surface area contributed by atoms with E-state index in [1.54, 1.807) is 0 Å². The molecule has 5 nitrogen and oxygen atoms in total. The van der Waals surface area contributed by atoms with Gasteiger partial charge in [-0.15, -0.1) is 0 Å². The normalized spacial score (nSPS) is 21.9. The molecule has 1 aliphatic carbocycles. The first-order chi connectivity index (χ1) is 16.8. The Bertz CT molecular complexity index is 1220. The molecule has 174 valence electrons. The molecule has 2 saturated heterocycles. The number of nitrogens with zero attached hydrogens (tertiary/aromatic N) is 3. The van der Waals surface area contributed by atoms with E-state index >= 15 is 0 Å². The van der Waals surface area contributed by atoms with E-state index in [9.17, 15) is 4.79 Å². The number of rotatable bonds is 4. The summed E-state index contributed by atoms with van der Waals surface area (Å²) in [4.78, 5) is 23.5. The highest BCUT2D eigenvalue weighted by Crippen LogP contribution is 2.38. The third-order valence-electron chi connectivity index (χ3n) is 7.44. The summed E-state index contributed by atoms with van der Waals surface area (Å²) < 4.78 is 5.82. The number of ether oxygens (including phenoxy) is 1. The van der Waals surface area contributed by atoms with Gasteiger partial charge in [-0.3, -0.25) is 9.69 Å². The third kappa shape index (κ3) is 4.15. The van der Waals surface area contributed by atoms with Gasteiger partial charge in [0.25, 0.3) is 5.91 Å². The van der Waals surface area contributed by atoms with Gasteiger partial charge in [0.1, 0.15) is 0 Å². The Morgan fingerprint density at radius 3 is 2.59 bits per heavy atom. The first-order valence-corrected chi connectivity index (χ1v) is 12.6. The van der Waals surface area contributed by atoms with Gasteiger partial charge in [0.05, 0.1) is 22.9 Å². The molecule has 5 heteroatoms. The molecule has 6 rings (SSSR count). The summed E-state index contributed by atoms with van der Waals surface area (Å²) in [6.45, 7) is 5.24. The van der Waals surface area contributed by atoms with Gasteiger partial charge in [-0.05, 0) is 54.5 Å². The zero-order chi connectivity index (χ0) is 22.9. The second-order valence-electron chi connectivity index (χ2n) is 9.64. The Labute approximate surface area is 201 Å². The van der Waals surface area contributed by atoms with Crippen molar-refractivity contribution < 1.29 is 9.53 Å². The van der Waals surface area contributed by atoms with E-state index in [2.05, 4.69) is 41.3 Å². The van der Waals surface area contributed by atoms with Gasteiger partial charge < -0.3 is 9.64 Å². The van der Waals surface area contributed by atoms with Crippen LogP contribution in [0.1, 0.15) is 46.4 Å². The van der Waals surface area contributed by atoms with E-state index in [0.29, 0.717) is 6.10 Å². The van der Waals surface area contributed by atoms with Crippen molar-refractivity contribution in [1.82, 2.24) is 14.8 Å². The molecule has 34 heavy (non-hydrogen) atoms. The Hall–Kier alpha value is -3.02. The van der Waals surface area contributed by atoms with E-state index in [1.165, 1.54) is 17.6 Å². The van der Waals surface area contributed by atoms with Gasteiger partial charge >= 0.3 is 0 Å². The molecule has 1 atom stereocenters. The average Bonchev–Trinajstić information content (AvgIpc) is 3.53. The molecule has 0 N–H and O–H groups in total. The summed E-state index contributed by atoms with van der Waals surface area (Å²) in [5, 5.41) is 0.981. The number of hydrogen-bond acceptors (Lipinski definition) is 4. The van der Waals surface area contributed by atoms with Gasteiger partial charge in [-0.25, -0.2) is 4.98 Å². The van der Waals surface area contributed by atoms with Crippen LogP contribution in [0.15, 0.2) is 54.6 Å². The second-order valence-corrected chi connectivity index (χ2v) is 9.64. The minimum absolute atomic E-state index is 0.160. The van der Waals surface area contributed by atoms with E-state index in [0.717, 1.165) is 86.3 Å². The molecule has 1 aromatic heterocycles. The van der Waals surface area contributed by atoms with Crippen molar-refractivity contribution in [3.63, 3.8) is 0 Å². The summed E-state index contributed by atoms with van der Waals surface area (Å²) in [7, 11) is 0. The van der Waals surface area contributed by atoms with Crippen molar-refractivity contribution in [2.75, 3.05) is 39.3 Å².